The lowest BCUT2D eigenvalue weighted by Crippen LogP contribution is -1.99. The fraction of sp³-hybridized carbons (Fsp3) is 0.182. The van der Waals surface area contributed by atoms with E-state index >= 15 is 0 Å². The van der Waals surface area contributed by atoms with Crippen molar-refractivity contribution in [3.63, 3.8) is 0 Å². The van der Waals surface area contributed by atoms with E-state index in [1.807, 2.05) is 0 Å². The molecule has 0 atom stereocenters. The number of hydrogen-bond donors (Lipinski definition) is 1. The van der Waals surface area contributed by atoms with Crippen LogP contribution in [0.25, 0.3) is 0 Å². The highest BCUT2D eigenvalue weighted by Crippen LogP contribution is 2.12. The summed E-state index contributed by atoms with van der Waals surface area (Å²) in [5.41, 5.74) is 0.551. The number of carbonyl (C=O) groups is 1. The minimum Gasteiger partial charge on any atom is -0.294 e. The van der Waals surface area contributed by atoms with Crippen LogP contribution < -0.4 is 0 Å². The molecule has 0 saturated carbocycles. The SMILES string of the molecule is C=CC(=O)OOC.Cc1ccccc1S(=O)(=O)O. The fourth-order valence-electron chi connectivity index (χ4n) is 0.962. The van der Waals surface area contributed by atoms with Crippen molar-refractivity contribution in [1.29, 1.82) is 0 Å². The summed E-state index contributed by atoms with van der Waals surface area (Å²) in [6, 6.07) is 6.27. The maximum absolute atomic E-state index is 10.6. The Morgan fingerprint density at radius 3 is 2.22 bits per heavy atom. The van der Waals surface area contributed by atoms with Crippen LogP contribution in [0.2, 0.25) is 0 Å². The molecule has 0 aliphatic heterocycles. The number of aryl methyl sites for hydroxylation is 1. The summed E-state index contributed by atoms with van der Waals surface area (Å²) in [6.07, 6.45) is 1.02. The molecule has 6 nitrogen and oxygen atoms in total. The Hall–Kier alpha value is -1.70. The summed E-state index contributed by atoms with van der Waals surface area (Å²) < 4.78 is 29.9. The van der Waals surface area contributed by atoms with E-state index < -0.39 is 16.1 Å². The standard InChI is InChI=1S/C7H8O3S.C4H6O3/c1-6-4-2-3-5-7(6)11(8,9)10;1-3-4(5)7-6-2/h2-5H,1H3,(H,8,9,10);3H,1H2,2H3. The van der Waals surface area contributed by atoms with E-state index in [0.717, 1.165) is 6.08 Å². The van der Waals surface area contributed by atoms with Crippen LogP contribution in [-0.2, 0) is 24.7 Å². The zero-order chi connectivity index (χ0) is 14.2. The first-order valence-electron chi connectivity index (χ1n) is 4.73. The monoisotopic (exact) mass is 274 g/mol. The number of rotatable bonds is 3. The number of hydrogen-bond acceptors (Lipinski definition) is 5. The van der Waals surface area contributed by atoms with Gasteiger partial charge in [-0.2, -0.15) is 13.3 Å². The van der Waals surface area contributed by atoms with Crippen molar-refractivity contribution in [2.75, 3.05) is 7.11 Å². The molecule has 0 heterocycles. The second-order valence-corrected chi connectivity index (χ2v) is 4.40. The van der Waals surface area contributed by atoms with Gasteiger partial charge in [0, 0.05) is 6.08 Å². The van der Waals surface area contributed by atoms with Gasteiger partial charge in [-0.15, -0.1) is 0 Å². The third kappa shape index (κ3) is 6.14. The molecule has 0 aliphatic carbocycles. The van der Waals surface area contributed by atoms with E-state index in [1.54, 1.807) is 25.1 Å². The highest BCUT2D eigenvalue weighted by Gasteiger charge is 2.10. The lowest BCUT2D eigenvalue weighted by Gasteiger charge is -1.99. The van der Waals surface area contributed by atoms with Gasteiger partial charge in [0.05, 0.1) is 12.0 Å². The maximum Gasteiger partial charge on any atom is 0.365 e. The molecule has 0 fully saturated rings. The Bertz CT molecular complexity index is 506. The normalized spacial score (nSPS) is 9.94. The Morgan fingerprint density at radius 2 is 1.94 bits per heavy atom. The molecule has 1 rings (SSSR count). The highest BCUT2D eigenvalue weighted by atomic mass is 32.2. The molecule has 0 radical (unpaired) electrons. The summed E-state index contributed by atoms with van der Waals surface area (Å²) in [4.78, 5) is 17.8. The second-order valence-electron chi connectivity index (χ2n) is 3.01. The van der Waals surface area contributed by atoms with Crippen LogP contribution in [0.3, 0.4) is 0 Å². The van der Waals surface area contributed by atoms with E-state index in [-0.39, 0.29) is 4.90 Å². The van der Waals surface area contributed by atoms with Gasteiger partial charge in [0.25, 0.3) is 10.1 Å². The maximum atomic E-state index is 10.6. The summed E-state index contributed by atoms with van der Waals surface area (Å²) in [5, 5.41) is 0. The summed E-state index contributed by atoms with van der Waals surface area (Å²) in [5.74, 6) is -0.581. The minimum atomic E-state index is -4.03. The van der Waals surface area contributed by atoms with Crippen LogP contribution in [-0.4, -0.2) is 26.0 Å². The molecule has 7 heteroatoms. The van der Waals surface area contributed by atoms with Gasteiger partial charge in [0.1, 0.15) is 0 Å². The molecule has 0 unspecified atom stereocenters. The zero-order valence-electron chi connectivity index (χ0n) is 9.99. The van der Waals surface area contributed by atoms with Gasteiger partial charge in [-0.05, 0) is 18.6 Å². The first-order chi connectivity index (χ1) is 8.32. The first-order valence-corrected chi connectivity index (χ1v) is 6.17. The van der Waals surface area contributed by atoms with Crippen LogP contribution >= 0.6 is 0 Å². The largest absolute Gasteiger partial charge is 0.365 e. The molecule has 100 valence electrons. The van der Waals surface area contributed by atoms with Gasteiger partial charge in [0.15, 0.2) is 0 Å². The zero-order valence-corrected chi connectivity index (χ0v) is 10.8. The van der Waals surface area contributed by atoms with Crippen molar-refractivity contribution in [3.05, 3.63) is 42.5 Å². The van der Waals surface area contributed by atoms with E-state index in [2.05, 4.69) is 16.4 Å². The molecule has 0 spiro atoms. The molecular weight excluding hydrogens is 260 g/mol. The van der Waals surface area contributed by atoms with Gasteiger partial charge in [-0.1, -0.05) is 24.8 Å². The van der Waals surface area contributed by atoms with Gasteiger partial charge < -0.3 is 0 Å². The van der Waals surface area contributed by atoms with Crippen molar-refractivity contribution in [2.24, 2.45) is 0 Å². The van der Waals surface area contributed by atoms with E-state index in [1.165, 1.54) is 13.2 Å². The summed E-state index contributed by atoms with van der Waals surface area (Å²) in [6.45, 7) is 4.75. The van der Waals surface area contributed by atoms with Gasteiger partial charge >= 0.3 is 5.97 Å². The lowest BCUT2D eigenvalue weighted by molar-refractivity contribution is -0.249. The first kappa shape index (κ1) is 16.3. The lowest BCUT2D eigenvalue weighted by atomic mass is 10.2. The van der Waals surface area contributed by atoms with Crippen molar-refractivity contribution in [2.45, 2.75) is 11.8 Å². The quantitative estimate of drug-likeness (QED) is 0.389. The molecular formula is C11H14O6S. The predicted octanol–water partition coefficient (Wildman–Crippen LogP) is 1.52. The molecule has 1 N–H and O–H groups in total. The smallest absolute Gasteiger partial charge is 0.294 e. The topological polar surface area (TPSA) is 89.9 Å². The van der Waals surface area contributed by atoms with Crippen LogP contribution in [0.5, 0.6) is 0 Å². The van der Waals surface area contributed by atoms with Crippen molar-refractivity contribution >= 4 is 16.1 Å². The molecule has 0 aromatic heterocycles. The Balaban J connectivity index is 0.000000360. The summed E-state index contributed by atoms with van der Waals surface area (Å²) in [7, 11) is -2.78. The number of benzene rings is 1. The fourth-order valence-corrected chi connectivity index (χ4v) is 1.69. The van der Waals surface area contributed by atoms with Gasteiger partial charge in [-0.25, -0.2) is 4.79 Å². The third-order valence-corrected chi connectivity index (χ3v) is 2.72. The van der Waals surface area contributed by atoms with Gasteiger partial charge in [0.2, 0.25) is 0 Å². The Labute approximate surface area is 106 Å². The molecule has 18 heavy (non-hydrogen) atoms. The summed E-state index contributed by atoms with van der Waals surface area (Å²) >= 11 is 0. The average molecular weight is 274 g/mol. The van der Waals surface area contributed by atoms with Crippen LogP contribution in [0.4, 0.5) is 0 Å². The van der Waals surface area contributed by atoms with Crippen molar-refractivity contribution in [3.8, 4) is 0 Å². The van der Waals surface area contributed by atoms with Crippen molar-refractivity contribution < 1.29 is 27.5 Å². The Morgan fingerprint density at radius 1 is 1.39 bits per heavy atom. The van der Waals surface area contributed by atoms with Crippen LogP contribution in [0.15, 0.2) is 41.8 Å². The second kappa shape index (κ2) is 7.59. The highest BCUT2D eigenvalue weighted by molar-refractivity contribution is 7.85. The number of carbonyl (C=O) groups excluding carboxylic acids is 1. The van der Waals surface area contributed by atoms with Crippen LogP contribution in [0, 0.1) is 6.92 Å². The van der Waals surface area contributed by atoms with E-state index in [4.69, 9.17) is 4.55 Å². The molecule has 1 aromatic carbocycles. The minimum absolute atomic E-state index is 0.0278. The predicted molar refractivity (Wildman–Crippen MR) is 64.3 cm³/mol. The molecule has 0 amide bonds. The average Bonchev–Trinajstić information content (AvgIpc) is 2.29. The third-order valence-electron chi connectivity index (χ3n) is 1.70. The van der Waals surface area contributed by atoms with Gasteiger partial charge in [-0.3, -0.25) is 9.44 Å². The molecule has 0 saturated heterocycles. The molecule has 1 aromatic rings. The molecule has 0 aliphatic rings. The van der Waals surface area contributed by atoms with E-state index in [0.29, 0.717) is 5.56 Å². The Kier molecular flexibility index (Phi) is 6.88. The van der Waals surface area contributed by atoms with Crippen LogP contribution in [0.1, 0.15) is 5.56 Å². The molecule has 0 bridgehead atoms. The van der Waals surface area contributed by atoms with E-state index in [9.17, 15) is 13.2 Å². The van der Waals surface area contributed by atoms with Crippen molar-refractivity contribution in [1.82, 2.24) is 0 Å².